The molecule has 1 aliphatic rings. The minimum Gasteiger partial charge on any atom is -0.508 e. The summed E-state index contributed by atoms with van der Waals surface area (Å²) in [6.07, 6.45) is 3.59. The van der Waals surface area contributed by atoms with Gasteiger partial charge < -0.3 is 5.11 Å². The molecule has 29 heavy (non-hydrogen) atoms. The summed E-state index contributed by atoms with van der Waals surface area (Å²) in [4.78, 5) is 0.977. The number of thiol groups is 1. The van der Waals surface area contributed by atoms with Gasteiger partial charge in [0.1, 0.15) is 5.75 Å². The number of rotatable bonds is 3. The monoisotopic (exact) mass is 400 g/mol. The lowest BCUT2D eigenvalue weighted by molar-refractivity contribution is 0.359. The molecule has 2 unspecified atom stereocenters. The first-order valence-electron chi connectivity index (χ1n) is 10.4. The minimum atomic E-state index is 0.312. The maximum atomic E-state index is 9.76. The molecule has 0 saturated heterocycles. The number of phenols is 1. The van der Waals surface area contributed by atoms with Crippen molar-refractivity contribution in [2.45, 2.75) is 38.0 Å². The van der Waals surface area contributed by atoms with Crippen molar-refractivity contribution in [2.24, 2.45) is 11.8 Å². The van der Waals surface area contributed by atoms with Gasteiger partial charge in [0, 0.05) is 4.90 Å². The Morgan fingerprint density at radius 1 is 0.724 bits per heavy atom. The van der Waals surface area contributed by atoms with Crippen LogP contribution in [0.5, 0.6) is 5.75 Å². The summed E-state index contributed by atoms with van der Waals surface area (Å²) >= 11 is 4.38. The third kappa shape index (κ3) is 4.59. The lowest BCUT2D eigenvalue weighted by Crippen LogP contribution is -2.14. The van der Waals surface area contributed by atoms with Gasteiger partial charge >= 0.3 is 0 Å². The van der Waals surface area contributed by atoms with Crippen LogP contribution in [0.3, 0.4) is 0 Å². The Bertz CT molecular complexity index is 986. The smallest absolute Gasteiger partial charge is 0.115 e. The van der Waals surface area contributed by atoms with E-state index in [0.29, 0.717) is 17.6 Å². The van der Waals surface area contributed by atoms with E-state index in [1.807, 2.05) is 24.3 Å². The highest BCUT2D eigenvalue weighted by Crippen LogP contribution is 2.40. The first-order valence-corrected chi connectivity index (χ1v) is 10.9. The maximum absolute atomic E-state index is 9.76. The molecule has 1 nitrogen and oxygen atoms in total. The van der Waals surface area contributed by atoms with E-state index in [2.05, 4.69) is 62.9 Å². The Balaban J connectivity index is 1.77. The van der Waals surface area contributed by atoms with E-state index in [9.17, 15) is 5.11 Å². The van der Waals surface area contributed by atoms with Gasteiger partial charge in [0.2, 0.25) is 0 Å². The van der Waals surface area contributed by atoms with E-state index in [1.165, 1.54) is 39.8 Å². The molecule has 1 fully saturated rings. The molecule has 0 amide bonds. The molecule has 2 heteroatoms. The van der Waals surface area contributed by atoms with Gasteiger partial charge in [-0.1, -0.05) is 68.0 Å². The second kappa shape index (κ2) is 8.51. The highest BCUT2D eigenvalue weighted by molar-refractivity contribution is 7.80. The first kappa shape index (κ1) is 19.8. The van der Waals surface area contributed by atoms with Gasteiger partial charge in [-0.3, -0.25) is 0 Å². The van der Waals surface area contributed by atoms with Crippen LogP contribution in [-0.4, -0.2) is 5.11 Å². The number of hydrogen-bond donors (Lipinski definition) is 2. The molecule has 0 aliphatic heterocycles. The second-order valence-corrected chi connectivity index (χ2v) is 9.02. The van der Waals surface area contributed by atoms with Crippen molar-refractivity contribution in [1.29, 1.82) is 0 Å². The zero-order valence-corrected chi connectivity index (χ0v) is 18.0. The fraction of sp³-hybridized carbons (Fsp3) is 0.259. The van der Waals surface area contributed by atoms with E-state index in [4.69, 9.17) is 0 Å². The van der Waals surface area contributed by atoms with Crippen LogP contribution in [0.2, 0.25) is 0 Å². The van der Waals surface area contributed by atoms with Gasteiger partial charge in [0.25, 0.3) is 0 Å². The molecule has 148 valence electrons. The van der Waals surface area contributed by atoms with Crippen LogP contribution in [0.15, 0.2) is 83.3 Å². The Morgan fingerprint density at radius 3 is 1.69 bits per heavy atom. The third-order valence-corrected chi connectivity index (χ3v) is 6.18. The van der Waals surface area contributed by atoms with E-state index in [1.54, 1.807) is 12.1 Å². The van der Waals surface area contributed by atoms with E-state index < -0.39 is 0 Å². The van der Waals surface area contributed by atoms with Crippen molar-refractivity contribution >= 4 is 18.2 Å². The van der Waals surface area contributed by atoms with Gasteiger partial charge in [-0.15, -0.1) is 12.6 Å². The lowest BCUT2D eigenvalue weighted by atomic mass is 9.76. The molecule has 1 saturated carbocycles. The largest absolute Gasteiger partial charge is 0.508 e. The fourth-order valence-electron chi connectivity index (χ4n) is 4.67. The highest BCUT2D eigenvalue weighted by Gasteiger charge is 2.23. The number of benzene rings is 3. The third-order valence-electron chi connectivity index (χ3n) is 5.88. The second-order valence-electron chi connectivity index (χ2n) is 8.50. The summed E-state index contributed by atoms with van der Waals surface area (Å²) in [5.74, 6) is 1.73. The van der Waals surface area contributed by atoms with Gasteiger partial charge in [-0.25, -0.2) is 0 Å². The predicted octanol–water partition coefficient (Wildman–Crippen LogP) is 7.61. The first-order chi connectivity index (χ1) is 14.0. The minimum absolute atomic E-state index is 0.312. The van der Waals surface area contributed by atoms with Crippen molar-refractivity contribution in [3.05, 3.63) is 89.5 Å². The van der Waals surface area contributed by atoms with Crippen molar-refractivity contribution < 1.29 is 5.11 Å². The van der Waals surface area contributed by atoms with Crippen molar-refractivity contribution in [1.82, 2.24) is 0 Å². The standard InChI is InChI=1S/C27H28OS/c1-18-15-19(2)17-24(16-18)27(23-7-11-25(28)12-8-23)22-5-3-20(4-6-22)21-9-13-26(29)14-10-21/h3-14,18-19,28-29H,15-17H2,1-2H3. The normalized spacial score (nSPS) is 19.2. The molecular weight excluding hydrogens is 372 g/mol. The lowest BCUT2D eigenvalue weighted by Gasteiger charge is -2.29. The van der Waals surface area contributed by atoms with Crippen LogP contribution < -0.4 is 0 Å². The number of phenolic OH excluding ortho intramolecular Hbond substituents is 1. The summed E-state index contributed by atoms with van der Waals surface area (Å²) in [5, 5.41) is 9.76. The number of hydrogen-bond acceptors (Lipinski definition) is 2. The number of aromatic hydroxyl groups is 1. The van der Waals surface area contributed by atoms with Gasteiger partial charge in [0.05, 0.1) is 0 Å². The Morgan fingerprint density at radius 2 is 1.17 bits per heavy atom. The van der Waals surface area contributed by atoms with Crippen molar-refractivity contribution in [3.63, 3.8) is 0 Å². The topological polar surface area (TPSA) is 20.2 Å². The summed E-state index contributed by atoms with van der Waals surface area (Å²) in [7, 11) is 0. The summed E-state index contributed by atoms with van der Waals surface area (Å²) in [6.45, 7) is 4.72. The number of allylic oxidation sites excluding steroid dienone is 1. The van der Waals surface area contributed by atoms with Gasteiger partial charge in [-0.2, -0.15) is 0 Å². The summed E-state index contributed by atoms with van der Waals surface area (Å²) in [6, 6.07) is 24.8. The van der Waals surface area contributed by atoms with E-state index in [0.717, 1.165) is 17.7 Å². The van der Waals surface area contributed by atoms with Gasteiger partial charge in [-0.05, 0) is 83.2 Å². The Kier molecular flexibility index (Phi) is 5.82. The molecule has 1 aliphatic carbocycles. The SMILES string of the molecule is CC1CC(=C(c2ccc(O)cc2)c2ccc(-c3ccc(S)cc3)cc2)CC(C)C1. The molecule has 0 heterocycles. The molecule has 1 N–H and O–H groups in total. The Hall–Kier alpha value is -2.45. The fourth-order valence-corrected chi connectivity index (χ4v) is 4.82. The predicted molar refractivity (Wildman–Crippen MR) is 125 cm³/mol. The summed E-state index contributed by atoms with van der Waals surface area (Å²) < 4.78 is 0. The molecule has 3 aromatic carbocycles. The van der Waals surface area contributed by atoms with E-state index in [-0.39, 0.29) is 0 Å². The zero-order valence-electron chi connectivity index (χ0n) is 17.1. The molecule has 0 spiro atoms. The molecule has 0 bridgehead atoms. The van der Waals surface area contributed by atoms with Gasteiger partial charge in [0.15, 0.2) is 0 Å². The molecule has 0 aromatic heterocycles. The zero-order chi connectivity index (χ0) is 20.4. The summed E-state index contributed by atoms with van der Waals surface area (Å²) in [5.41, 5.74) is 7.72. The average molecular weight is 401 g/mol. The quantitative estimate of drug-likeness (QED) is 0.434. The van der Waals surface area contributed by atoms with Crippen molar-refractivity contribution in [2.75, 3.05) is 0 Å². The maximum Gasteiger partial charge on any atom is 0.115 e. The molecular formula is C27H28OS. The molecule has 4 rings (SSSR count). The highest BCUT2D eigenvalue weighted by atomic mass is 32.1. The molecule has 3 aromatic rings. The average Bonchev–Trinajstić information content (AvgIpc) is 2.70. The van der Waals surface area contributed by atoms with Crippen LogP contribution >= 0.6 is 12.6 Å². The van der Waals surface area contributed by atoms with Crippen LogP contribution in [0.25, 0.3) is 16.7 Å². The molecule has 2 atom stereocenters. The van der Waals surface area contributed by atoms with Crippen LogP contribution in [-0.2, 0) is 0 Å². The molecule has 0 radical (unpaired) electrons. The van der Waals surface area contributed by atoms with Crippen LogP contribution in [0, 0.1) is 11.8 Å². The Labute approximate surface area is 179 Å². The van der Waals surface area contributed by atoms with Crippen molar-refractivity contribution in [3.8, 4) is 16.9 Å². The van der Waals surface area contributed by atoms with Crippen LogP contribution in [0.1, 0.15) is 44.2 Å². The van der Waals surface area contributed by atoms with Crippen LogP contribution in [0.4, 0.5) is 0 Å². The van der Waals surface area contributed by atoms with E-state index >= 15 is 0 Å².